The fourth-order valence-electron chi connectivity index (χ4n) is 2.14. The van der Waals surface area contributed by atoms with Crippen LogP contribution in [0.4, 0.5) is 0 Å². The number of sulfonamides is 1. The van der Waals surface area contributed by atoms with Gasteiger partial charge in [-0.3, -0.25) is 0 Å². The number of fused-ring (bicyclic) bond motifs is 1. The van der Waals surface area contributed by atoms with Crippen molar-refractivity contribution in [2.45, 2.75) is 10.8 Å². The Morgan fingerprint density at radius 1 is 1.33 bits per heavy atom. The highest BCUT2D eigenvalue weighted by Crippen LogP contribution is 2.27. The highest BCUT2D eigenvalue weighted by Gasteiger charge is 2.17. The Morgan fingerprint density at radius 2 is 2.12 bits per heavy atom. The van der Waals surface area contributed by atoms with Crippen molar-refractivity contribution in [2.75, 3.05) is 7.11 Å². The second-order valence-electron chi connectivity index (χ2n) is 4.74. The normalized spacial score (nSPS) is 12.7. The number of ether oxygens (including phenoxy) is 1. The largest absolute Gasteiger partial charge is 0.497 e. The first-order chi connectivity index (χ1) is 11.4. The van der Waals surface area contributed by atoms with Gasteiger partial charge in [-0.2, -0.15) is 8.42 Å². The van der Waals surface area contributed by atoms with Crippen LogP contribution in [0, 0.1) is 0 Å². The summed E-state index contributed by atoms with van der Waals surface area (Å²) in [5.41, 5.74) is 0.874. The molecule has 0 saturated carbocycles. The van der Waals surface area contributed by atoms with Gasteiger partial charge in [-0.25, -0.2) is 0 Å². The molecule has 2 heterocycles. The summed E-state index contributed by atoms with van der Waals surface area (Å²) in [6.45, 7) is 4.18. The van der Waals surface area contributed by atoms with Crippen molar-refractivity contribution >= 4 is 54.5 Å². The Kier molecular flexibility index (Phi) is 4.82. The van der Waals surface area contributed by atoms with Gasteiger partial charge >= 0.3 is 0 Å². The van der Waals surface area contributed by atoms with Crippen molar-refractivity contribution in [2.24, 2.45) is 4.40 Å². The van der Waals surface area contributed by atoms with Gasteiger partial charge in [-0.1, -0.05) is 29.0 Å². The van der Waals surface area contributed by atoms with Gasteiger partial charge in [0.1, 0.15) is 9.96 Å². The molecule has 0 aliphatic heterocycles. The predicted molar refractivity (Wildman–Crippen MR) is 98.6 cm³/mol. The number of benzene rings is 1. The number of rotatable bonds is 5. The summed E-state index contributed by atoms with van der Waals surface area (Å²) in [6, 6.07) is 8.56. The Morgan fingerprint density at radius 3 is 2.75 bits per heavy atom. The van der Waals surface area contributed by atoms with Crippen LogP contribution < -0.4 is 9.54 Å². The van der Waals surface area contributed by atoms with Gasteiger partial charge in [-0.15, -0.1) is 22.3 Å². The van der Waals surface area contributed by atoms with Gasteiger partial charge in [0.2, 0.25) is 4.80 Å². The third kappa shape index (κ3) is 3.27. The lowest BCUT2D eigenvalue weighted by Gasteiger charge is -2.02. The molecule has 0 fully saturated rings. The SMILES string of the molecule is C=CCn1c(=NS(=O)(=O)c2ccc(Cl)s2)sc2cc(OC)ccc21. The van der Waals surface area contributed by atoms with Crippen molar-refractivity contribution in [3.8, 4) is 5.75 Å². The van der Waals surface area contributed by atoms with Crippen LogP contribution in [0.15, 0.2) is 51.6 Å². The van der Waals surface area contributed by atoms with Crippen LogP contribution in [0.5, 0.6) is 5.75 Å². The molecule has 3 rings (SSSR count). The highest BCUT2D eigenvalue weighted by atomic mass is 35.5. The lowest BCUT2D eigenvalue weighted by molar-refractivity contribution is 0.415. The lowest BCUT2D eigenvalue weighted by atomic mass is 10.3. The van der Waals surface area contributed by atoms with Crippen molar-refractivity contribution in [3.63, 3.8) is 0 Å². The van der Waals surface area contributed by atoms with Crippen molar-refractivity contribution in [1.82, 2.24) is 4.57 Å². The fourth-order valence-corrected chi connectivity index (χ4v) is 5.87. The van der Waals surface area contributed by atoms with E-state index in [1.165, 1.54) is 17.4 Å². The van der Waals surface area contributed by atoms with Crippen LogP contribution in [-0.2, 0) is 16.6 Å². The van der Waals surface area contributed by atoms with Crippen molar-refractivity contribution in [1.29, 1.82) is 0 Å². The van der Waals surface area contributed by atoms with E-state index in [9.17, 15) is 8.42 Å². The van der Waals surface area contributed by atoms with Crippen LogP contribution in [0.3, 0.4) is 0 Å². The first-order valence-electron chi connectivity index (χ1n) is 6.79. The minimum atomic E-state index is -3.81. The molecule has 0 aliphatic carbocycles. The van der Waals surface area contributed by atoms with Crippen LogP contribution in [0.2, 0.25) is 4.34 Å². The Labute approximate surface area is 152 Å². The van der Waals surface area contributed by atoms with Gasteiger partial charge in [0, 0.05) is 6.54 Å². The number of allylic oxidation sites excluding steroid dienone is 1. The average Bonchev–Trinajstić information content (AvgIpc) is 3.12. The first-order valence-corrected chi connectivity index (χ1v) is 10.2. The Balaban J connectivity index is 2.24. The molecule has 0 saturated heterocycles. The number of nitrogens with zero attached hydrogens (tertiary/aromatic N) is 2. The van der Waals surface area contributed by atoms with Crippen LogP contribution in [-0.4, -0.2) is 20.1 Å². The van der Waals surface area contributed by atoms with E-state index in [1.54, 1.807) is 23.8 Å². The molecule has 2 aromatic heterocycles. The van der Waals surface area contributed by atoms with E-state index in [1.807, 2.05) is 18.2 Å². The zero-order chi connectivity index (χ0) is 17.3. The van der Waals surface area contributed by atoms with Gasteiger partial charge in [0.15, 0.2) is 0 Å². The third-order valence-electron chi connectivity index (χ3n) is 3.20. The van der Waals surface area contributed by atoms with E-state index in [-0.39, 0.29) is 4.21 Å². The summed E-state index contributed by atoms with van der Waals surface area (Å²) < 4.78 is 37.4. The molecule has 0 radical (unpaired) electrons. The van der Waals surface area contributed by atoms with Crippen LogP contribution in [0.25, 0.3) is 10.2 Å². The summed E-state index contributed by atoms with van der Waals surface area (Å²) in [4.78, 5) is 0.377. The minimum absolute atomic E-state index is 0.118. The summed E-state index contributed by atoms with van der Waals surface area (Å²) in [6.07, 6.45) is 1.70. The van der Waals surface area contributed by atoms with Crippen LogP contribution in [0.1, 0.15) is 0 Å². The number of methoxy groups -OCH3 is 1. The summed E-state index contributed by atoms with van der Waals surface area (Å²) in [5.74, 6) is 0.703. The summed E-state index contributed by atoms with van der Waals surface area (Å²) in [7, 11) is -2.23. The zero-order valence-electron chi connectivity index (χ0n) is 12.6. The molecule has 3 aromatic rings. The first kappa shape index (κ1) is 17.2. The molecule has 126 valence electrons. The molecule has 0 atom stereocenters. The molecular weight excluding hydrogens is 388 g/mol. The smallest absolute Gasteiger partial charge is 0.294 e. The monoisotopic (exact) mass is 400 g/mol. The van der Waals surface area contributed by atoms with Gasteiger partial charge in [0.25, 0.3) is 10.0 Å². The number of hydrogen-bond donors (Lipinski definition) is 0. The number of aromatic nitrogens is 1. The topological polar surface area (TPSA) is 60.7 Å². The molecule has 5 nitrogen and oxygen atoms in total. The van der Waals surface area contributed by atoms with Crippen molar-refractivity contribution in [3.05, 3.63) is 52.1 Å². The molecule has 0 unspecified atom stereocenters. The molecule has 1 aromatic carbocycles. The molecule has 9 heteroatoms. The molecule has 0 bridgehead atoms. The maximum absolute atomic E-state index is 12.5. The fraction of sp³-hybridized carbons (Fsp3) is 0.133. The maximum Gasteiger partial charge on any atom is 0.294 e. The average molecular weight is 401 g/mol. The molecular formula is C15H13ClN2O3S3. The molecule has 0 N–H and O–H groups in total. The number of hydrogen-bond acceptors (Lipinski definition) is 5. The third-order valence-corrected chi connectivity index (χ3v) is 7.32. The molecule has 0 spiro atoms. The van der Waals surface area contributed by atoms with E-state index in [2.05, 4.69) is 11.0 Å². The molecule has 24 heavy (non-hydrogen) atoms. The van der Waals surface area contributed by atoms with E-state index in [4.69, 9.17) is 16.3 Å². The minimum Gasteiger partial charge on any atom is -0.497 e. The second kappa shape index (κ2) is 6.72. The van der Waals surface area contributed by atoms with Crippen LogP contribution >= 0.6 is 34.3 Å². The molecule has 0 amide bonds. The van der Waals surface area contributed by atoms with Gasteiger partial charge in [-0.05, 0) is 30.3 Å². The quantitative estimate of drug-likeness (QED) is 0.610. The highest BCUT2D eigenvalue weighted by molar-refractivity contribution is 7.92. The summed E-state index contributed by atoms with van der Waals surface area (Å²) in [5, 5.41) is 0. The Hall–Kier alpha value is -1.61. The lowest BCUT2D eigenvalue weighted by Crippen LogP contribution is -2.16. The van der Waals surface area contributed by atoms with Gasteiger partial charge < -0.3 is 9.30 Å². The van der Waals surface area contributed by atoms with Gasteiger partial charge in [0.05, 0.1) is 21.7 Å². The number of thiophene rings is 1. The van der Waals surface area contributed by atoms with E-state index >= 15 is 0 Å². The standard InChI is InChI=1S/C15H13ClN2O3S3/c1-3-8-18-11-5-4-10(21-2)9-12(11)22-15(18)17-24(19,20)14-7-6-13(16)23-14/h3-7,9H,1,8H2,2H3. The van der Waals surface area contributed by atoms with E-state index < -0.39 is 10.0 Å². The van der Waals surface area contributed by atoms with E-state index in [0.717, 1.165) is 21.6 Å². The number of thiazole rings is 1. The second-order valence-corrected chi connectivity index (χ2v) is 9.30. The predicted octanol–water partition coefficient (Wildman–Crippen LogP) is 3.90. The maximum atomic E-state index is 12.5. The molecule has 0 aliphatic rings. The van der Waals surface area contributed by atoms with Crippen molar-refractivity contribution < 1.29 is 13.2 Å². The summed E-state index contributed by atoms with van der Waals surface area (Å²) >= 11 is 8.10. The zero-order valence-corrected chi connectivity index (χ0v) is 15.8. The van der Waals surface area contributed by atoms with E-state index in [0.29, 0.717) is 21.4 Å². The Bertz CT molecular complexity index is 1080. The number of halogens is 1.